The van der Waals surface area contributed by atoms with Crippen molar-refractivity contribution < 1.29 is 8.78 Å². The van der Waals surface area contributed by atoms with Gasteiger partial charge in [-0.1, -0.05) is 55.5 Å². The Morgan fingerprint density at radius 1 is 1.05 bits per heavy atom. The molecular weight excluding hydrogens is 282 g/mol. The number of nitrogens with zero attached hydrogens (tertiary/aromatic N) is 1. The van der Waals surface area contributed by atoms with E-state index in [1.807, 2.05) is 13.0 Å². The summed E-state index contributed by atoms with van der Waals surface area (Å²) in [6.45, 7) is 3.26. The minimum absolute atomic E-state index is 0.0417. The van der Waals surface area contributed by atoms with Gasteiger partial charge in [0.15, 0.2) is 0 Å². The molecule has 0 spiro atoms. The molecule has 0 aliphatic carbocycles. The summed E-state index contributed by atoms with van der Waals surface area (Å²) in [6, 6.07) is 14.8. The minimum Gasteiger partial charge on any atom is -0.330 e. The fraction of sp³-hybridized carbons (Fsp3) is 0.333. The van der Waals surface area contributed by atoms with Crippen LogP contribution in [0.15, 0.2) is 54.6 Å². The lowest BCUT2D eigenvalue weighted by molar-refractivity contribution is -0.00238. The smallest absolute Gasteiger partial charge is 0.218 e. The molecule has 1 atom stereocenters. The van der Waals surface area contributed by atoms with Crippen LogP contribution in [0.5, 0.6) is 0 Å². The van der Waals surface area contributed by atoms with Crippen molar-refractivity contribution in [3.63, 3.8) is 0 Å². The van der Waals surface area contributed by atoms with E-state index in [1.165, 1.54) is 12.1 Å². The zero-order chi connectivity index (χ0) is 16.0. The van der Waals surface area contributed by atoms with Crippen molar-refractivity contribution in [1.29, 1.82) is 0 Å². The average Bonchev–Trinajstić information content (AvgIpc) is 2.56. The van der Waals surface area contributed by atoms with Gasteiger partial charge in [0.25, 0.3) is 0 Å². The predicted octanol–water partition coefficient (Wildman–Crippen LogP) is 3.67. The molecule has 0 radical (unpaired) electrons. The molecular formula is C18H22F2N2. The van der Waals surface area contributed by atoms with Crippen LogP contribution in [-0.2, 0) is 5.79 Å². The lowest BCUT2D eigenvalue weighted by Crippen LogP contribution is -2.45. The van der Waals surface area contributed by atoms with Crippen LogP contribution in [0.3, 0.4) is 0 Å². The number of nitrogens with two attached hydrogens (primary N) is 1. The summed E-state index contributed by atoms with van der Waals surface area (Å²) < 4.78 is 30.4. The van der Waals surface area contributed by atoms with Crippen LogP contribution in [0.4, 0.5) is 8.78 Å². The first kappa shape index (κ1) is 16.6. The lowest BCUT2D eigenvalue weighted by Gasteiger charge is -2.38. The van der Waals surface area contributed by atoms with Gasteiger partial charge in [-0.2, -0.15) is 0 Å². The van der Waals surface area contributed by atoms with Crippen LogP contribution >= 0.6 is 0 Å². The molecule has 2 N–H and O–H groups in total. The van der Waals surface area contributed by atoms with E-state index in [1.54, 1.807) is 41.3 Å². The van der Waals surface area contributed by atoms with E-state index < -0.39 is 11.6 Å². The maximum Gasteiger partial charge on any atom is 0.218 e. The molecule has 22 heavy (non-hydrogen) atoms. The average molecular weight is 304 g/mol. The molecule has 2 rings (SSSR count). The Morgan fingerprint density at radius 2 is 1.68 bits per heavy atom. The van der Waals surface area contributed by atoms with Crippen LogP contribution in [0.1, 0.15) is 24.5 Å². The molecule has 0 saturated heterocycles. The maximum atomic E-state index is 16.2. The highest BCUT2D eigenvalue weighted by Gasteiger charge is 2.41. The van der Waals surface area contributed by atoms with Crippen molar-refractivity contribution >= 4 is 0 Å². The SMILES string of the molecule is CCN(CCCN)C(F)(c1ccccc1)c1ccccc1F. The van der Waals surface area contributed by atoms with E-state index in [-0.39, 0.29) is 5.56 Å². The van der Waals surface area contributed by atoms with Crippen LogP contribution < -0.4 is 5.73 Å². The van der Waals surface area contributed by atoms with E-state index in [9.17, 15) is 4.39 Å². The zero-order valence-electron chi connectivity index (χ0n) is 12.8. The van der Waals surface area contributed by atoms with Crippen LogP contribution in [0.2, 0.25) is 0 Å². The van der Waals surface area contributed by atoms with Crippen molar-refractivity contribution in [1.82, 2.24) is 4.90 Å². The molecule has 0 aliphatic heterocycles. The fourth-order valence-electron chi connectivity index (χ4n) is 2.71. The summed E-state index contributed by atoms with van der Waals surface area (Å²) in [6.07, 6.45) is 0.654. The third-order valence-corrected chi connectivity index (χ3v) is 3.84. The highest BCUT2D eigenvalue weighted by molar-refractivity contribution is 5.36. The van der Waals surface area contributed by atoms with Crippen molar-refractivity contribution in [3.8, 4) is 0 Å². The normalized spacial score (nSPS) is 14.0. The third-order valence-electron chi connectivity index (χ3n) is 3.84. The predicted molar refractivity (Wildman–Crippen MR) is 85.6 cm³/mol. The fourth-order valence-corrected chi connectivity index (χ4v) is 2.71. The number of rotatable bonds is 7. The number of benzene rings is 2. The van der Waals surface area contributed by atoms with E-state index in [0.29, 0.717) is 31.6 Å². The molecule has 2 aromatic rings. The second-order valence-electron chi connectivity index (χ2n) is 5.19. The van der Waals surface area contributed by atoms with E-state index in [0.717, 1.165) is 0 Å². The first-order valence-corrected chi connectivity index (χ1v) is 7.59. The molecule has 0 heterocycles. The minimum atomic E-state index is -2.00. The highest BCUT2D eigenvalue weighted by atomic mass is 19.2. The van der Waals surface area contributed by atoms with Gasteiger partial charge in [0.2, 0.25) is 5.79 Å². The van der Waals surface area contributed by atoms with Crippen molar-refractivity contribution in [2.75, 3.05) is 19.6 Å². The number of alkyl halides is 1. The molecule has 0 fully saturated rings. The Morgan fingerprint density at radius 3 is 2.27 bits per heavy atom. The standard InChI is InChI=1S/C18H22F2N2/c1-2-22(14-8-13-21)18(20,15-9-4-3-5-10-15)16-11-6-7-12-17(16)19/h3-7,9-12H,2,8,13-14,21H2,1H3. The number of hydrogen-bond donors (Lipinski definition) is 1. The Balaban J connectivity index is 2.56. The summed E-state index contributed by atoms with van der Waals surface area (Å²) in [5.74, 6) is -2.55. The lowest BCUT2D eigenvalue weighted by atomic mass is 9.93. The summed E-state index contributed by atoms with van der Waals surface area (Å²) in [7, 11) is 0. The number of hydrogen-bond acceptors (Lipinski definition) is 2. The maximum absolute atomic E-state index is 16.2. The summed E-state index contributed by atoms with van der Waals surface area (Å²) >= 11 is 0. The Labute approximate surface area is 130 Å². The first-order valence-electron chi connectivity index (χ1n) is 7.59. The van der Waals surface area contributed by atoms with Crippen LogP contribution in [0.25, 0.3) is 0 Å². The van der Waals surface area contributed by atoms with E-state index in [2.05, 4.69) is 0 Å². The van der Waals surface area contributed by atoms with Gasteiger partial charge in [-0.05, 0) is 25.6 Å². The third kappa shape index (κ3) is 3.18. The first-order chi connectivity index (χ1) is 10.6. The van der Waals surface area contributed by atoms with Gasteiger partial charge < -0.3 is 5.73 Å². The topological polar surface area (TPSA) is 29.3 Å². The Bertz CT molecular complexity index is 589. The van der Waals surface area contributed by atoms with Gasteiger partial charge >= 0.3 is 0 Å². The van der Waals surface area contributed by atoms with Gasteiger partial charge in [0.1, 0.15) is 5.82 Å². The molecule has 0 saturated carbocycles. The van der Waals surface area contributed by atoms with Crippen LogP contribution in [-0.4, -0.2) is 24.5 Å². The van der Waals surface area contributed by atoms with Gasteiger partial charge in [-0.3, -0.25) is 4.90 Å². The van der Waals surface area contributed by atoms with Crippen molar-refractivity contribution in [2.45, 2.75) is 19.1 Å². The van der Waals surface area contributed by atoms with Gasteiger partial charge in [-0.25, -0.2) is 8.78 Å². The van der Waals surface area contributed by atoms with Crippen LogP contribution in [0, 0.1) is 5.82 Å². The second kappa shape index (κ2) is 7.47. The quantitative estimate of drug-likeness (QED) is 0.791. The Kier molecular flexibility index (Phi) is 5.63. The monoisotopic (exact) mass is 304 g/mol. The molecule has 2 nitrogen and oxygen atoms in total. The zero-order valence-corrected chi connectivity index (χ0v) is 12.8. The van der Waals surface area contributed by atoms with Gasteiger partial charge in [0, 0.05) is 17.7 Å². The van der Waals surface area contributed by atoms with Gasteiger partial charge in [-0.15, -0.1) is 0 Å². The highest BCUT2D eigenvalue weighted by Crippen LogP contribution is 2.38. The van der Waals surface area contributed by atoms with E-state index >= 15 is 4.39 Å². The molecule has 4 heteroatoms. The summed E-state index contributed by atoms with van der Waals surface area (Å²) in [4.78, 5) is 1.63. The largest absolute Gasteiger partial charge is 0.330 e. The Hall–Kier alpha value is -1.78. The van der Waals surface area contributed by atoms with Gasteiger partial charge in [0.05, 0.1) is 0 Å². The second-order valence-corrected chi connectivity index (χ2v) is 5.19. The molecule has 0 aliphatic rings. The summed E-state index contributed by atoms with van der Waals surface area (Å²) in [5.41, 5.74) is 6.03. The molecule has 118 valence electrons. The molecule has 1 unspecified atom stereocenters. The molecule has 2 aromatic carbocycles. The number of halogens is 2. The van der Waals surface area contributed by atoms with Crippen molar-refractivity contribution in [2.24, 2.45) is 5.73 Å². The summed E-state index contributed by atoms with van der Waals surface area (Å²) in [5, 5.41) is 0. The molecule has 0 amide bonds. The van der Waals surface area contributed by atoms with Crippen molar-refractivity contribution in [3.05, 3.63) is 71.5 Å². The molecule has 0 bridgehead atoms. The van der Waals surface area contributed by atoms with E-state index in [4.69, 9.17) is 5.73 Å². The molecule has 0 aromatic heterocycles.